The van der Waals surface area contributed by atoms with Crippen LogP contribution >= 0.6 is 11.3 Å². The van der Waals surface area contributed by atoms with Gasteiger partial charge in [0, 0.05) is 24.8 Å². The molecule has 0 saturated carbocycles. The highest BCUT2D eigenvalue weighted by Gasteiger charge is 2.06. The summed E-state index contributed by atoms with van der Waals surface area (Å²) in [5.41, 5.74) is 4.35. The molecule has 0 fully saturated rings. The van der Waals surface area contributed by atoms with Crippen LogP contribution in [0.2, 0.25) is 0 Å². The van der Waals surface area contributed by atoms with E-state index in [0.717, 1.165) is 24.0 Å². The number of benzene rings is 1. The van der Waals surface area contributed by atoms with Crippen molar-refractivity contribution >= 4 is 23.3 Å². The Morgan fingerprint density at radius 1 is 1.35 bits per heavy atom. The molecule has 3 heteroatoms. The first-order valence-electron chi connectivity index (χ1n) is 5.49. The Balaban J connectivity index is 2.19. The van der Waals surface area contributed by atoms with Crippen LogP contribution < -0.4 is 4.90 Å². The van der Waals surface area contributed by atoms with Gasteiger partial charge in [-0.1, -0.05) is 0 Å². The fraction of sp³-hybridized carbons (Fsp3) is 0.214. The summed E-state index contributed by atoms with van der Waals surface area (Å²) < 4.78 is 0. The van der Waals surface area contributed by atoms with Gasteiger partial charge in [0.2, 0.25) is 0 Å². The van der Waals surface area contributed by atoms with Gasteiger partial charge in [-0.2, -0.15) is 11.3 Å². The van der Waals surface area contributed by atoms with E-state index in [1.54, 1.807) is 11.3 Å². The molecule has 17 heavy (non-hydrogen) atoms. The lowest BCUT2D eigenvalue weighted by Crippen LogP contribution is -2.17. The van der Waals surface area contributed by atoms with Crippen molar-refractivity contribution in [3.63, 3.8) is 0 Å². The zero-order valence-corrected chi connectivity index (χ0v) is 10.8. The van der Waals surface area contributed by atoms with E-state index < -0.39 is 0 Å². The molecule has 1 aromatic carbocycles. The predicted octanol–water partition coefficient (Wildman–Crippen LogP) is 3.51. The maximum absolute atomic E-state index is 10.7. The highest BCUT2D eigenvalue weighted by atomic mass is 32.1. The van der Waals surface area contributed by atoms with Gasteiger partial charge in [0.15, 0.2) is 0 Å². The van der Waals surface area contributed by atoms with Crippen molar-refractivity contribution in [2.45, 2.75) is 13.5 Å². The number of hydrogen-bond acceptors (Lipinski definition) is 3. The van der Waals surface area contributed by atoms with E-state index in [1.807, 2.05) is 25.1 Å². The van der Waals surface area contributed by atoms with Crippen molar-refractivity contribution in [1.82, 2.24) is 0 Å². The molecule has 88 valence electrons. The molecule has 0 bridgehead atoms. The topological polar surface area (TPSA) is 20.3 Å². The summed E-state index contributed by atoms with van der Waals surface area (Å²) in [5.74, 6) is 0. The lowest BCUT2D eigenvalue weighted by molar-refractivity contribution is 0.112. The van der Waals surface area contributed by atoms with Crippen LogP contribution in [0.5, 0.6) is 0 Å². The van der Waals surface area contributed by atoms with Crippen molar-refractivity contribution in [2.24, 2.45) is 0 Å². The number of rotatable bonds is 4. The van der Waals surface area contributed by atoms with Crippen molar-refractivity contribution in [3.05, 3.63) is 51.7 Å². The van der Waals surface area contributed by atoms with Crippen LogP contribution in [0.4, 0.5) is 5.69 Å². The number of aldehydes is 1. The third-order valence-corrected chi connectivity index (χ3v) is 3.50. The first-order chi connectivity index (χ1) is 8.20. The van der Waals surface area contributed by atoms with E-state index in [9.17, 15) is 4.79 Å². The van der Waals surface area contributed by atoms with Gasteiger partial charge in [0.05, 0.1) is 0 Å². The average molecular weight is 245 g/mol. The molecule has 2 rings (SSSR count). The van der Waals surface area contributed by atoms with Crippen LogP contribution in [0.15, 0.2) is 35.0 Å². The number of carbonyl (C=O) groups excluding carboxylic acids is 1. The molecule has 0 aliphatic rings. The summed E-state index contributed by atoms with van der Waals surface area (Å²) in [6.45, 7) is 2.93. The smallest absolute Gasteiger partial charge is 0.150 e. The first-order valence-corrected chi connectivity index (χ1v) is 6.43. The van der Waals surface area contributed by atoms with Gasteiger partial charge in [-0.15, -0.1) is 0 Å². The summed E-state index contributed by atoms with van der Waals surface area (Å²) >= 11 is 1.71. The van der Waals surface area contributed by atoms with Crippen LogP contribution in [-0.2, 0) is 6.54 Å². The minimum Gasteiger partial charge on any atom is -0.370 e. The van der Waals surface area contributed by atoms with Gasteiger partial charge in [0.1, 0.15) is 6.29 Å². The van der Waals surface area contributed by atoms with E-state index in [-0.39, 0.29) is 0 Å². The number of anilines is 1. The van der Waals surface area contributed by atoms with Crippen LogP contribution in [-0.4, -0.2) is 13.3 Å². The highest BCUT2D eigenvalue weighted by molar-refractivity contribution is 7.07. The number of nitrogens with zero attached hydrogens (tertiary/aromatic N) is 1. The second-order valence-electron chi connectivity index (χ2n) is 4.15. The van der Waals surface area contributed by atoms with Gasteiger partial charge < -0.3 is 4.90 Å². The van der Waals surface area contributed by atoms with Gasteiger partial charge >= 0.3 is 0 Å². The molecule has 0 aliphatic carbocycles. The first kappa shape index (κ1) is 11.9. The Kier molecular flexibility index (Phi) is 3.59. The minimum absolute atomic E-state index is 0.732. The normalized spacial score (nSPS) is 10.2. The number of aryl methyl sites for hydroxylation is 1. The maximum Gasteiger partial charge on any atom is 0.150 e. The standard InChI is InChI=1S/C14H15NOS/c1-11-7-12(9-16)3-4-14(11)15(2)8-13-5-6-17-10-13/h3-7,9-10H,8H2,1-2H3. The van der Waals surface area contributed by atoms with Gasteiger partial charge in [0.25, 0.3) is 0 Å². The fourth-order valence-electron chi connectivity index (χ4n) is 1.92. The summed E-state index contributed by atoms with van der Waals surface area (Å²) in [6, 6.07) is 7.92. The summed E-state index contributed by atoms with van der Waals surface area (Å²) in [4.78, 5) is 12.9. The molecular formula is C14H15NOS. The van der Waals surface area contributed by atoms with Crippen molar-refractivity contribution < 1.29 is 4.79 Å². The zero-order valence-electron chi connectivity index (χ0n) is 10.0. The van der Waals surface area contributed by atoms with Crippen molar-refractivity contribution in [2.75, 3.05) is 11.9 Å². The SMILES string of the molecule is Cc1cc(C=O)ccc1N(C)Cc1ccsc1. The Labute approximate surface area is 106 Å². The molecule has 1 heterocycles. The van der Waals surface area contributed by atoms with E-state index >= 15 is 0 Å². The molecule has 0 saturated heterocycles. The van der Waals surface area contributed by atoms with Crippen LogP contribution in [0, 0.1) is 6.92 Å². The van der Waals surface area contributed by atoms with Crippen LogP contribution in [0.3, 0.4) is 0 Å². The molecule has 0 unspecified atom stereocenters. The third-order valence-electron chi connectivity index (χ3n) is 2.77. The van der Waals surface area contributed by atoms with Gasteiger partial charge in [-0.05, 0) is 53.1 Å². The molecule has 1 aromatic heterocycles. The zero-order chi connectivity index (χ0) is 12.3. The number of hydrogen-bond donors (Lipinski definition) is 0. The third kappa shape index (κ3) is 2.74. The molecular weight excluding hydrogens is 230 g/mol. The molecule has 0 atom stereocenters. The Morgan fingerprint density at radius 3 is 2.76 bits per heavy atom. The number of thiophene rings is 1. The Hall–Kier alpha value is -1.61. The van der Waals surface area contributed by atoms with Gasteiger partial charge in [-0.25, -0.2) is 0 Å². The van der Waals surface area contributed by atoms with Crippen molar-refractivity contribution in [1.29, 1.82) is 0 Å². The molecule has 0 spiro atoms. The maximum atomic E-state index is 10.7. The lowest BCUT2D eigenvalue weighted by atomic mass is 10.1. The van der Waals surface area contributed by atoms with E-state index in [2.05, 4.69) is 28.8 Å². The molecule has 0 radical (unpaired) electrons. The molecule has 0 aliphatic heterocycles. The molecule has 0 N–H and O–H groups in total. The summed E-state index contributed by atoms with van der Waals surface area (Å²) in [7, 11) is 2.07. The van der Waals surface area contributed by atoms with E-state index in [0.29, 0.717) is 0 Å². The van der Waals surface area contributed by atoms with Crippen molar-refractivity contribution in [3.8, 4) is 0 Å². The Bertz CT molecular complexity index is 505. The van der Waals surface area contributed by atoms with Crippen LogP contribution in [0.25, 0.3) is 0 Å². The highest BCUT2D eigenvalue weighted by Crippen LogP contribution is 2.21. The second-order valence-corrected chi connectivity index (χ2v) is 4.93. The summed E-state index contributed by atoms with van der Waals surface area (Å²) in [6.07, 6.45) is 0.885. The average Bonchev–Trinajstić information content (AvgIpc) is 2.81. The molecule has 2 nitrogen and oxygen atoms in total. The second kappa shape index (κ2) is 5.15. The Morgan fingerprint density at radius 2 is 2.18 bits per heavy atom. The minimum atomic E-state index is 0.732. The molecule has 0 amide bonds. The fourth-order valence-corrected chi connectivity index (χ4v) is 2.58. The molecule has 2 aromatic rings. The predicted molar refractivity (Wildman–Crippen MR) is 73.0 cm³/mol. The quantitative estimate of drug-likeness (QED) is 0.768. The van der Waals surface area contributed by atoms with E-state index in [1.165, 1.54) is 11.3 Å². The number of carbonyl (C=O) groups is 1. The summed E-state index contributed by atoms with van der Waals surface area (Å²) in [5, 5.41) is 4.25. The monoisotopic (exact) mass is 245 g/mol. The van der Waals surface area contributed by atoms with Crippen LogP contribution in [0.1, 0.15) is 21.5 Å². The largest absolute Gasteiger partial charge is 0.370 e. The van der Waals surface area contributed by atoms with Gasteiger partial charge in [-0.3, -0.25) is 4.79 Å². The van der Waals surface area contributed by atoms with E-state index in [4.69, 9.17) is 0 Å². The lowest BCUT2D eigenvalue weighted by Gasteiger charge is -2.21.